The highest BCUT2D eigenvalue weighted by Gasteiger charge is 2.22. The number of rotatable bonds is 4. The van der Waals surface area contributed by atoms with Crippen LogP contribution in [0.5, 0.6) is 0 Å². The summed E-state index contributed by atoms with van der Waals surface area (Å²) in [6.45, 7) is 4.13. The number of piperidine rings is 1. The lowest BCUT2D eigenvalue weighted by atomic mass is 10.0. The number of imidazole rings is 1. The van der Waals surface area contributed by atoms with Gasteiger partial charge in [-0.25, -0.2) is 4.79 Å². The maximum atomic E-state index is 11.4. The first-order valence-electron chi connectivity index (χ1n) is 8.70. The molecule has 0 saturated carbocycles. The molecule has 0 bridgehead atoms. The number of nitrogens with zero attached hydrogens (tertiary/aromatic N) is 3. The Morgan fingerprint density at radius 2 is 2.00 bits per heavy atom. The molecule has 7 nitrogen and oxygen atoms in total. The van der Waals surface area contributed by atoms with E-state index in [0.29, 0.717) is 6.04 Å². The normalized spacial score (nSPS) is 17.1. The molecule has 3 heterocycles. The van der Waals surface area contributed by atoms with E-state index < -0.39 is 0 Å². The van der Waals surface area contributed by atoms with Crippen LogP contribution in [0.3, 0.4) is 0 Å². The number of fused-ring (bicyclic) bond motifs is 1. The third-order valence-corrected chi connectivity index (χ3v) is 4.90. The van der Waals surface area contributed by atoms with E-state index in [1.165, 1.54) is 5.56 Å². The summed E-state index contributed by atoms with van der Waals surface area (Å²) in [6, 6.07) is 10.7. The van der Waals surface area contributed by atoms with E-state index in [1.807, 2.05) is 24.3 Å². The number of nitrogens with one attached hydrogen (secondary N) is 3. The van der Waals surface area contributed by atoms with Gasteiger partial charge in [0.15, 0.2) is 5.82 Å². The van der Waals surface area contributed by atoms with E-state index in [-0.39, 0.29) is 11.7 Å². The molecule has 0 amide bonds. The molecule has 25 heavy (non-hydrogen) atoms. The molecule has 0 spiro atoms. The van der Waals surface area contributed by atoms with Crippen molar-refractivity contribution in [1.29, 1.82) is 0 Å². The molecule has 0 radical (unpaired) electrons. The zero-order chi connectivity index (χ0) is 17.2. The minimum Gasteiger partial charge on any atom is -0.355 e. The topological polar surface area (TPSA) is 89.7 Å². The monoisotopic (exact) mass is 338 g/mol. The van der Waals surface area contributed by atoms with Crippen LogP contribution in [0.15, 0.2) is 41.3 Å². The fourth-order valence-electron chi connectivity index (χ4n) is 3.51. The molecule has 1 aliphatic heterocycles. The minimum atomic E-state index is -0.163. The first kappa shape index (κ1) is 15.8. The zero-order valence-electron chi connectivity index (χ0n) is 14.2. The second-order valence-corrected chi connectivity index (χ2v) is 6.62. The summed E-state index contributed by atoms with van der Waals surface area (Å²) < 4.78 is 0. The molecule has 7 heteroatoms. The molecule has 3 N–H and O–H groups in total. The lowest BCUT2D eigenvalue weighted by Gasteiger charge is -2.34. The first-order chi connectivity index (χ1) is 12.2. The lowest BCUT2D eigenvalue weighted by Crippen LogP contribution is -2.43. The second kappa shape index (κ2) is 6.68. The molecule has 1 saturated heterocycles. The van der Waals surface area contributed by atoms with Crippen molar-refractivity contribution in [3.05, 3.63) is 52.6 Å². The van der Waals surface area contributed by atoms with Crippen molar-refractivity contribution >= 4 is 16.9 Å². The van der Waals surface area contributed by atoms with Gasteiger partial charge in [-0.05, 0) is 49.6 Å². The maximum absolute atomic E-state index is 11.4. The number of hydrogen-bond donors (Lipinski definition) is 3. The van der Waals surface area contributed by atoms with E-state index in [4.69, 9.17) is 0 Å². The average molecular weight is 338 g/mol. The maximum Gasteiger partial charge on any atom is 0.323 e. The third-order valence-electron chi connectivity index (χ3n) is 4.90. The Labute approximate surface area is 145 Å². The largest absolute Gasteiger partial charge is 0.355 e. The molecule has 3 aromatic rings. The van der Waals surface area contributed by atoms with Crippen LogP contribution in [0.25, 0.3) is 11.0 Å². The Kier molecular flexibility index (Phi) is 4.23. The van der Waals surface area contributed by atoms with Crippen LogP contribution in [0.2, 0.25) is 0 Å². The predicted octanol–water partition coefficient (Wildman–Crippen LogP) is 1.97. The Balaban J connectivity index is 1.38. The SMILES string of the molecule is CC(NC1CCN(c2cccnn2)CC1)c1ccc2[nH]c(=O)[nH]c2c1. The van der Waals surface area contributed by atoms with Gasteiger partial charge in [-0.3, -0.25) is 0 Å². The van der Waals surface area contributed by atoms with Gasteiger partial charge in [-0.1, -0.05) is 6.07 Å². The van der Waals surface area contributed by atoms with Crippen LogP contribution < -0.4 is 15.9 Å². The number of aromatic amines is 2. The Morgan fingerprint density at radius 1 is 1.20 bits per heavy atom. The highest BCUT2D eigenvalue weighted by Crippen LogP contribution is 2.21. The van der Waals surface area contributed by atoms with Crippen LogP contribution in [-0.4, -0.2) is 39.3 Å². The molecular weight excluding hydrogens is 316 g/mol. The lowest BCUT2D eigenvalue weighted by molar-refractivity contribution is 0.380. The van der Waals surface area contributed by atoms with Gasteiger partial charge in [-0.15, -0.1) is 5.10 Å². The molecule has 1 aromatic carbocycles. The Morgan fingerprint density at radius 3 is 2.76 bits per heavy atom. The van der Waals surface area contributed by atoms with Gasteiger partial charge in [0.25, 0.3) is 0 Å². The quantitative estimate of drug-likeness (QED) is 0.677. The molecule has 1 fully saturated rings. The molecule has 1 aliphatic rings. The van der Waals surface area contributed by atoms with Crippen molar-refractivity contribution in [2.75, 3.05) is 18.0 Å². The van der Waals surface area contributed by atoms with Crippen molar-refractivity contribution in [3.63, 3.8) is 0 Å². The van der Waals surface area contributed by atoms with Crippen molar-refractivity contribution in [3.8, 4) is 0 Å². The standard InChI is InChI=1S/C18H22N6O/c1-12(13-4-5-15-16(11-13)22-18(25)21-15)20-14-6-9-24(10-7-14)17-3-2-8-19-23-17/h2-5,8,11-12,14,20H,6-7,9-10H2,1H3,(H2,21,22,25). The van der Waals surface area contributed by atoms with Crippen molar-refractivity contribution in [2.24, 2.45) is 0 Å². The highest BCUT2D eigenvalue weighted by molar-refractivity contribution is 5.75. The third kappa shape index (κ3) is 3.41. The van der Waals surface area contributed by atoms with Gasteiger partial charge in [0, 0.05) is 31.4 Å². The van der Waals surface area contributed by atoms with Crippen LogP contribution in [0.1, 0.15) is 31.4 Å². The molecular formula is C18H22N6O. The van der Waals surface area contributed by atoms with E-state index in [1.54, 1.807) is 6.20 Å². The molecule has 1 atom stereocenters. The average Bonchev–Trinajstić information content (AvgIpc) is 3.02. The smallest absolute Gasteiger partial charge is 0.323 e. The van der Waals surface area contributed by atoms with E-state index in [0.717, 1.165) is 42.8 Å². The Bertz CT molecular complexity index is 895. The highest BCUT2D eigenvalue weighted by atomic mass is 16.1. The molecule has 4 rings (SSSR count). The van der Waals surface area contributed by atoms with E-state index >= 15 is 0 Å². The van der Waals surface area contributed by atoms with E-state index in [2.05, 4.69) is 43.4 Å². The number of H-pyrrole nitrogens is 2. The minimum absolute atomic E-state index is 0.163. The number of benzene rings is 1. The van der Waals surface area contributed by atoms with Crippen molar-refractivity contribution in [1.82, 2.24) is 25.5 Å². The molecule has 2 aromatic heterocycles. The summed E-state index contributed by atoms with van der Waals surface area (Å²) in [5.41, 5.74) is 2.72. The van der Waals surface area contributed by atoms with Gasteiger partial charge in [0.2, 0.25) is 0 Å². The summed E-state index contributed by atoms with van der Waals surface area (Å²) in [4.78, 5) is 19.3. The fourth-order valence-corrected chi connectivity index (χ4v) is 3.51. The van der Waals surface area contributed by atoms with E-state index in [9.17, 15) is 4.79 Å². The Hall–Kier alpha value is -2.67. The summed E-state index contributed by atoms with van der Waals surface area (Å²) >= 11 is 0. The van der Waals surface area contributed by atoms with Crippen LogP contribution in [0.4, 0.5) is 5.82 Å². The zero-order valence-corrected chi connectivity index (χ0v) is 14.2. The van der Waals surface area contributed by atoms with Gasteiger partial charge in [0.05, 0.1) is 11.0 Å². The van der Waals surface area contributed by atoms with Crippen LogP contribution >= 0.6 is 0 Å². The van der Waals surface area contributed by atoms with Gasteiger partial charge < -0.3 is 20.2 Å². The summed E-state index contributed by atoms with van der Waals surface area (Å²) in [7, 11) is 0. The van der Waals surface area contributed by atoms with Crippen molar-refractivity contribution in [2.45, 2.75) is 31.8 Å². The fraction of sp³-hybridized carbons (Fsp3) is 0.389. The second-order valence-electron chi connectivity index (χ2n) is 6.62. The summed E-state index contributed by atoms with van der Waals surface area (Å²) in [5.74, 6) is 0.955. The number of hydrogen-bond acceptors (Lipinski definition) is 5. The van der Waals surface area contributed by atoms with Gasteiger partial charge in [-0.2, -0.15) is 5.10 Å². The molecule has 130 valence electrons. The summed E-state index contributed by atoms with van der Waals surface area (Å²) in [5, 5.41) is 11.9. The summed E-state index contributed by atoms with van der Waals surface area (Å²) in [6.07, 6.45) is 3.85. The predicted molar refractivity (Wildman–Crippen MR) is 97.7 cm³/mol. The number of aromatic nitrogens is 4. The molecule has 0 aliphatic carbocycles. The first-order valence-corrected chi connectivity index (χ1v) is 8.70. The van der Waals surface area contributed by atoms with Crippen molar-refractivity contribution < 1.29 is 0 Å². The number of anilines is 1. The van der Waals surface area contributed by atoms with Gasteiger partial charge >= 0.3 is 5.69 Å². The molecule has 1 unspecified atom stereocenters. The van der Waals surface area contributed by atoms with Crippen LogP contribution in [-0.2, 0) is 0 Å². The van der Waals surface area contributed by atoms with Gasteiger partial charge in [0.1, 0.15) is 0 Å². The van der Waals surface area contributed by atoms with Crippen LogP contribution in [0, 0.1) is 0 Å².